The second-order valence-corrected chi connectivity index (χ2v) is 3.12. The van der Waals surface area contributed by atoms with Gasteiger partial charge in [0.1, 0.15) is 5.84 Å². The number of benzene rings is 1. The molecule has 0 heterocycles. The number of hydrogen-bond donors (Lipinski definition) is 2. The Balaban J connectivity index is 2.60. The van der Waals surface area contributed by atoms with Crippen LogP contribution in [0.3, 0.4) is 0 Å². The Morgan fingerprint density at radius 3 is 2.50 bits per heavy atom. The zero-order valence-corrected chi connectivity index (χ0v) is 8.27. The summed E-state index contributed by atoms with van der Waals surface area (Å²) in [5, 5.41) is 0. The van der Waals surface area contributed by atoms with Gasteiger partial charge in [0.15, 0.2) is 0 Å². The van der Waals surface area contributed by atoms with Crippen molar-refractivity contribution < 1.29 is 0 Å². The van der Waals surface area contributed by atoms with Crippen molar-refractivity contribution in [3.63, 3.8) is 0 Å². The van der Waals surface area contributed by atoms with Gasteiger partial charge in [-0.25, -0.2) is 0 Å². The van der Waals surface area contributed by atoms with E-state index in [-0.39, 0.29) is 0 Å². The van der Waals surface area contributed by atoms with Gasteiger partial charge in [0.25, 0.3) is 0 Å². The molecule has 74 valence electrons. The zero-order chi connectivity index (χ0) is 10.4. The lowest BCUT2D eigenvalue weighted by atomic mass is 10.2. The first-order valence-electron chi connectivity index (χ1n) is 4.46. The Kier molecular flexibility index (Phi) is 3.73. The van der Waals surface area contributed by atoms with Crippen LogP contribution in [0.1, 0.15) is 12.5 Å². The van der Waals surface area contributed by atoms with E-state index in [1.165, 1.54) is 0 Å². The van der Waals surface area contributed by atoms with Crippen LogP contribution in [0.25, 0.3) is 0 Å². The smallest absolute Gasteiger partial charge is 0.120 e. The average molecular weight is 189 g/mol. The molecule has 0 saturated carbocycles. The standard InChI is InChI=1S/C11H15N3/c1-9(12)7-11(13)14-8-10-5-3-2-4-6-10/h2-7H,8,12H2,1H3,(H2,13,14). The van der Waals surface area contributed by atoms with Crippen LogP contribution >= 0.6 is 0 Å². The molecule has 0 aliphatic rings. The molecule has 1 aromatic carbocycles. The normalized spacial score (nSPS) is 12.9. The molecule has 0 saturated heterocycles. The Bertz CT molecular complexity index is 335. The third-order valence-corrected chi connectivity index (χ3v) is 1.66. The monoisotopic (exact) mass is 189 g/mol. The maximum Gasteiger partial charge on any atom is 0.120 e. The van der Waals surface area contributed by atoms with Gasteiger partial charge >= 0.3 is 0 Å². The van der Waals surface area contributed by atoms with E-state index in [4.69, 9.17) is 11.5 Å². The van der Waals surface area contributed by atoms with E-state index in [1.807, 2.05) is 30.3 Å². The lowest BCUT2D eigenvalue weighted by Crippen LogP contribution is -2.10. The topological polar surface area (TPSA) is 64.4 Å². The summed E-state index contributed by atoms with van der Waals surface area (Å²) in [5.74, 6) is 0.467. The molecule has 3 nitrogen and oxygen atoms in total. The third-order valence-electron chi connectivity index (χ3n) is 1.66. The highest BCUT2D eigenvalue weighted by atomic mass is 14.8. The first-order valence-corrected chi connectivity index (χ1v) is 4.46. The molecule has 0 fully saturated rings. The van der Waals surface area contributed by atoms with Crippen LogP contribution in [0.2, 0.25) is 0 Å². The molecule has 4 N–H and O–H groups in total. The van der Waals surface area contributed by atoms with E-state index >= 15 is 0 Å². The number of allylic oxidation sites excluding steroid dienone is 1. The van der Waals surface area contributed by atoms with Crippen molar-refractivity contribution in [2.75, 3.05) is 0 Å². The van der Waals surface area contributed by atoms with E-state index < -0.39 is 0 Å². The number of aliphatic imine (C=N–C) groups is 1. The maximum absolute atomic E-state index is 5.62. The third kappa shape index (κ3) is 3.76. The first-order chi connectivity index (χ1) is 6.68. The molecule has 1 aromatic rings. The van der Waals surface area contributed by atoms with Gasteiger partial charge in [-0.1, -0.05) is 30.3 Å². The predicted octanol–water partition coefficient (Wildman–Crippen LogP) is 1.41. The Hall–Kier alpha value is -1.77. The van der Waals surface area contributed by atoms with Crippen molar-refractivity contribution in [3.05, 3.63) is 47.7 Å². The van der Waals surface area contributed by atoms with Crippen LogP contribution in [0.15, 0.2) is 47.1 Å². The van der Waals surface area contributed by atoms with Crippen molar-refractivity contribution in [2.24, 2.45) is 16.5 Å². The Morgan fingerprint density at radius 2 is 1.93 bits per heavy atom. The van der Waals surface area contributed by atoms with E-state index in [2.05, 4.69) is 4.99 Å². The van der Waals surface area contributed by atoms with Gasteiger partial charge in [0, 0.05) is 5.70 Å². The molecule has 0 aromatic heterocycles. The van der Waals surface area contributed by atoms with E-state index in [0.717, 1.165) is 5.56 Å². The highest BCUT2D eigenvalue weighted by Crippen LogP contribution is 1.99. The molecule has 0 bridgehead atoms. The molecule has 0 spiro atoms. The molecule has 0 aliphatic heterocycles. The lowest BCUT2D eigenvalue weighted by Gasteiger charge is -1.97. The second-order valence-electron chi connectivity index (χ2n) is 3.12. The minimum atomic E-state index is 0.467. The molecule has 0 atom stereocenters. The summed E-state index contributed by atoms with van der Waals surface area (Å²) in [5.41, 5.74) is 12.9. The summed E-state index contributed by atoms with van der Waals surface area (Å²) in [6, 6.07) is 9.95. The SMILES string of the molecule is CC(N)=CC(N)=NCc1ccccc1. The van der Waals surface area contributed by atoms with Gasteiger partial charge < -0.3 is 11.5 Å². The summed E-state index contributed by atoms with van der Waals surface area (Å²) in [4.78, 5) is 4.17. The molecule has 0 unspecified atom stereocenters. The number of rotatable bonds is 3. The minimum Gasteiger partial charge on any atom is -0.402 e. The van der Waals surface area contributed by atoms with Crippen LogP contribution < -0.4 is 11.5 Å². The second kappa shape index (κ2) is 5.07. The van der Waals surface area contributed by atoms with Crippen molar-refractivity contribution in [1.82, 2.24) is 0 Å². The van der Waals surface area contributed by atoms with Gasteiger partial charge in [-0.15, -0.1) is 0 Å². The minimum absolute atomic E-state index is 0.467. The van der Waals surface area contributed by atoms with Crippen molar-refractivity contribution >= 4 is 5.84 Å². The Morgan fingerprint density at radius 1 is 1.29 bits per heavy atom. The molecule has 3 heteroatoms. The van der Waals surface area contributed by atoms with Crippen LogP contribution in [0, 0.1) is 0 Å². The molecular weight excluding hydrogens is 174 g/mol. The molecule has 0 radical (unpaired) electrons. The van der Waals surface area contributed by atoms with E-state index in [0.29, 0.717) is 18.1 Å². The summed E-state index contributed by atoms with van der Waals surface area (Å²) < 4.78 is 0. The van der Waals surface area contributed by atoms with Crippen molar-refractivity contribution in [3.8, 4) is 0 Å². The summed E-state index contributed by atoms with van der Waals surface area (Å²) >= 11 is 0. The van der Waals surface area contributed by atoms with E-state index in [1.54, 1.807) is 13.0 Å². The zero-order valence-electron chi connectivity index (χ0n) is 8.27. The van der Waals surface area contributed by atoms with Crippen molar-refractivity contribution in [2.45, 2.75) is 13.5 Å². The number of hydrogen-bond acceptors (Lipinski definition) is 2. The van der Waals surface area contributed by atoms with Gasteiger partial charge in [0.05, 0.1) is 6.54 Å². The summed E-state index contributed by atoms with van der Waals surface area (Å²) in [6.07, 6.45) is 1.66. The summed E-state index contributed by atoms with van der Waals surface area (Å²) in [7, 11) is 0. The average Bonchev–Trinajstić information content (AvgIpc) is 2.15. The van der Waals surface area contributed by atoms with Gasteiger partial charge in [-0.2, -0.15) is 0 Å². The fourth-order valence-corrected chi connectivity index (χ4v) is 1.04. The van der Waals surface area contributed by atoms with Gasteiger partial charge in [-0.05, 0) is 18.6 Å². The van der Waals surface area contributed by atoms with Gasteiger partial charge in [0.2, 0.25) is 0 Å². The molecular formula is C11H15N3. The molecule has 1 rings (SSSR count). The highest BCUT2D eigenvalue weighted by molar-refractivity contribution is 5.91. The first kappa shape index (κ1) is 10.3. The van der Waals surface area contributed by atoms with Crippen molar-refractivity contribution in [1.29, 1.82) is 0 Å². The van der Waals surface area contributed by atoms with E-state index in [9.17, 15) is 0 Å². The lowest BCUT2D eigenvalue weighted by molar-refractivity contribution is 1.06. The fourth-order valence-electron chi connectivity index (χ4n) is 1.04. The largest absolute Gasteiger partial charge is 0.402 e. The highest BCUT2D eigenvalue weighted by Gasteiger charge is 1.89. The predicted molar refractivity (Wildman–Crippen MR) is 59.7 cm³/mol. The maximum atomic E-state index is 5.62. The van der Waals surface area contributed by atoms with Gasteiger partial charge in [-0.3, -0.25) is 4.99 Å². The molecule has 0 aliphatic carbocycles. The van der Waals surface area contributed by atoms with Crippen LogP contribution in [-0.4, -0.2) is 5.84 Å². The number of nitrogens with two attached hydrogens (primary N) is 2. The van der Waals surface area contributed by atoms with Crippen LogP contribution in [0.5, 0.6) is 0 Å². The molecule has 14 heavy (non-hydrogen) atoms. The quantitative estimate of drug-likeness (QED) is 0.557. The summed E-state index contributed by atoms with van der Waals surface area (Å²) in [6.45, 7) is 2.38. The number of nitrogens with zero attached hydrogens (tertiary/aromatic N) is 1. The Labute approximate surface area is 84.1 Å². The van der Waals surface area contributed by atoms with Crippen LogP contribution in [0.4, 0.5) is 0 Å². The van der Waals surface area contributed by atoms with Crippen LogP contribution in [-0.2, 0) is 6.54 Å². The fraction of sp³-hybridized carbons (Fsp3) is 0.182. The number of amidine groups is 1. The molecule has 0 amide bonds.